The van der Waals surface area contributed by atoms with Crippen molar-refractivity contribution < 1.29 is 14.4 Å². The molecule has 4 atom stereocenters. The zero-order chi connectivity index (χ0) is 24.7. The zero-order valence-corrected chi connectivity index (χ0v) is 21.1. The third-order valence-corrected chi connectivity index (χ3v) is 8.76. The largest absolute Gasteiger partial charge is 0.347 e. The highest BCUT2D eigenvalue weighted by atomic mass is 32.2. The van der Waals surface area contributed by atoms with Crippen LogP contribution in [-0.4, -0.2) is 59.8 Å². The number of nitrogens with one attached hydrogen (secondary N) is 3. The fourth-order valence-electron chi connectivity index (χ4n) is 5.63. The highest BCUT2D eigenvalue weighted by Gasteiger charge is 2.51. The van der Waals surface area contributed by atoms with Gasteiger partial charge in [0.1, 0.15) is 0 Å². The standard InChI is InChI=1S/C26H33N5O3S/c1-4-20(32)30-12-6-8-17(14-30)28-24(33)23-22-21-19(10-11-27-25(21)35-23)31(26(34)29-22)18-9-5-7-16(13-18)15(2)3/h4-5,7,9,13,15,17,19,21,25,27H,1,6,8,10-12,14H2,2-3H3,(H,28,33)(H,29,34)/t17-,19?,21?,25?/m1/s1. The van der Waals surface area contributed by atoms with Crippen molar-refractivity contribution in [1.82, 2.24) is 20.9 Å². The van der Waals surface area contributed by atoms with E-state index in [2.05, 4.69) is 48.5 Å². The molecule has 3 N–H and O–H groups in total. The number of thioether (sulfide) groups is 1. The second kappa shape index (κ2) is 9.70. The molecule has 3 saturated heterocycles. The van der Waals surface area contributed by atoms with Gasteiger partial charge in [0.25, 0.3) is 5.91 Å². The Bertz CT molecular complexity index is 1090. The summed E-state index contributed by atoms with van der Waals surface area (Å²) in [4.78, 5) is 43.0. The van der Waals surface area contributed by atoms with Crippen molar-refractivity contribution >= 4 is 35.3 Å². The van der Waals surface area contributed by atoms with Gasteiger partial charge in [0, 0.05) is 36.4 Å². The van der Waals surface area contributed by atoms with E-state index in [0.717, 1.165) is 37.2 Å². The Morgan fingerprint density at radius 1 is 1.29 bits per heavy atom. The van der Waals surface area contributed by atoms with Crippen LogP contribution in [0.1, 0.15) is 44.6 Å². The van der Waals surface area contributed by atoms with Gasteiger partial charge in [-0.25, -0.2) is 4.79 Å². The van der Waals surface area contributed by atoms with Crippen LogP contribution in [0, 0.1) is 5.92 Å². The number of amides is 4. The maximum absolute atomic E-state index is 13.4. The predicted octanol–water partition coefficient (Wildman–Crippen LogP) is 2.90. The number of nitrogens with zero attached hydrogens (tertiary/aromatic N) is 2. The molecule has 8 nitrogen and oxygen atoms in total. The van der Waals surface area contributed by atoms with Gasteiger partial charge in [0.2, 0.25) is 5.91 Å². The predicted molar refractivity (Wildman–Crippen MR) is 138 cm³/mol. The molecule has 0 aliphatic carbocycles. The molecule has 5 rings (SSSR count). The highest BCUT2D eigenvalue weighted by molar-refractivity contribution is 8.04. The van der Waals surface area contributed by atoms with Crippen LogP contribution in [0.5, 0.6) is 0 Å². The summed E-state index contributed by atoms with van der Waals surface area (Å²) in [6, 6.07) is 7.88. The minimum absolute atomic E-state index is 0.0133. The Balaban J connectivity index is 1.38. The summed E-state index contributed by atoms with van der Waals surface area (Å²) in [5.74, 6) is 0.0998. The van der Waals surface area contributed by atoms with Crippen molar-refractivity contribution in [3.63, 3.8) is 0 Å². The summed E-state index contributed by atoms with van der Waals surface area (Å²) >= 11 is 1.50. The quantitative estimate of drug-likeness (QED) is 0.546. The number of hydrogen-bond acceptors (Lipinski definition) is 5. The molecule has 1 aromatic rings. The molecule has 3 fully saturated rings. The second-order valence-electron chi connectivity index (χ2n) is 9.97. The van der Waals surface area contributed by atoms with Crippen LogP contribution in [0.4, 0.5) is 10.5 Å². The molecule has 9 heteroatoms. The Morgan fingerprint density at radius 3 is 2.89 bits per heavy atom. The summed E-state index contributed by atoms with van der Waals surface area (Å²) in [5, 5.41) is 9.77. The average molecular weight is 496 g/mol. The van der Waals surface area contributed by atoms with Crippen molar-refractivity contribution in [2.75, 3.05) is 24.5 Å². The molecule has 4 heterocycles. The number of likely N-dealkylation sites (tertiary alicyclic amines) is 1. The molecule has 0 aromatic heterocycles. The molecule has 1 aromatic carbocycles. The molecular formula is C26H33N5O3S. The van der Waals surface area contributed by atoms with Crippen LogP contribution in [0.2, 0.25) is 0 Å². The maximum Gasteiger partial charge on any atom is 0.326 e. The van der Waals surface area contributed by atoms with Gasteiger partial charge in [0.05, 0.1) is 16.3 Å². The Morgan fingerprint density at radius 2 is 2.11 bits per heavy atom. The van der Waals surface area contributed by atoms with Gasteiger partial charge in [-0.2, -0.15) is 0 Å². The summed E-state index contributed by atoms with van der Waals surface area (Å²) < 4.78 is 0. The van der Waals surface area contributed by atoms with Gasteiger partial charge in [-0.05, 0) is 55.5 Å². The highest BCUT2D eigenvalue weighted by Crippen LogP contribution is 2.48. The van der Waals surface area contributed by atoms with Crippen molar-refractivity contribution in [3.8, 4) is 0 Å². The van der Waals surface area contributed by atoms with E-state index < -0.39 is 0 Å². The van der Waals surface area contributed by atoms with Crippen molar-refractivity contribution in [3.05, 3.63) is 53.1 Å². The third kappa shape index (κ3) is 4.47. The molecule has 0 bridgehead atoms. The number of urea groups is 1. The van der Waals surface area contributed by atoms with Gasteiger partial charge in [-0.1, -0.05) is 44.3 Å². The van der Waals surface area contributed by atoms with Gasteiger partial charge in [0.15, 0.2) is 0 Å². The van der Waals surface area contributed by atoms with E-state index >= 15 is 0 Å². The van der Waals surface area contributed by atoms with E-state index in [1.807, 2.05) is 17.0 Å². The molecule has 4 amide bonds. The van der Waals surface area contributed by atoms with Crippen LogP contribution in [0.3, 0.4) is 0 Å². The number of rotatable bonds is 5. The molecular weight excluding hydrogens is 462 g/mol. The van der Waals surface area contributed by atoms with Gasteiger partial charge < -0.3 is 20.9 Å². The van der Waals surface area contributed by atoms with Gasteiger partial charge in [-0.15, -0.1) is 0 Å². The van der Waals surface area contributed by atoms with Crippen LogP contribution in [-0.2, 0) is 9.59 Å². The fraction of sp³-hybridized carbons (Fsp3) is 0.500. The van der Waals surface area contributed by atoms with E-state index in [1.165, 1.54) is 23.4 Å². The fourth-order valence-corrected chi connectivity index (χ4v) is 7.03. The Labute approximate surface area is 210 Å². The van der Waals surface area contributed by atoms with Crippen molar-refractivity contribution in [2.24, 2.45) is 5.92 Å². The summed E-state index contributed by atoms with van der Waals surface area (Å²) in [7, 11) is 0. The third-order valence-electron chi connectivity index (χ3n) is 7.41. The molecule has 186 valence electrons. The molecule has 0 saturated carbocycles. The topological polar surface area (TPSA) is 93.8 Å². The van der Waals surface area contributed by atoms with E-state index in [9.17, 15) is 14.4 Å². The van der Waals surface area contributed by atoms with Crippen LogP contribution in [0.25, 0.3) is 0 Å². The average Bonchev–Trinajstić information content (AvgIpc) is 3.23. The van der Waals surface area contributed by atoms with Crippen LogP contribution < -0.4 is 20.9 Å². The zero-order valence-electron chi connectivity index (χ0n) is 20.3. The van der Waals surface area contributed by atoms with E-state index in [4.69, 9.17) is 0 Å². The van der Waals surface area contributed by atoms with Crippen molar-refractivity contribution in [1.29, 1.82) is 0 Å². The lowest BCUT2D eigenvalue weighted by molar-refractivity contribution is -0.128. The smallest absolute Gasteiger partial charge is 0.326 e. The summed E-state index contributed by atoms with van der Waals surface area (Å²) in [5.41, 5.74) is 2.82. The number of carbonyl (C=O) groups excluding carboxylic acids is 3. The van der Waals surface area contributed by atoms with E-state index in [-0.39, 0.29) is 41.2 Å². The number of carbonyl (C=O) groups is 3. The Kier molecular flexibility index (Phi) is 6.63. The van der Waals surface area contributed by atoms with E-state index in [0.29, 0.717) is 23.9 Å². The van der Waals surface area contributed by atoms with E-state index in [1.54, 1.807) is 4.90 Å². The van der Waals surface area contributed by atoms with Gasteiger partial charge in [-0.3, -0.25) is 14.5 Å². The summed E-state index contributed by atoms with van der Waals surface area (Å²) in [6.07, 6.45) is 3.79. The first-order chi connectivity index (χ1) is 16.9. The lowest BCUT2D eigenvalue weighted by Gasteiger charge is -2.46. The minimum Gasteiger partial charge on any atom is -0.347 e. The van der Waals surface area contributed by atoms with Crippen molar-refractivity contribution in [2.45, 2.75) is 56.5 Å². The van der Waals surface area contributed by atoms with Crippen LogP contribution in [0.15, 0.2) is 47.5 Å². The lowest BCUT2D eigenvalue weighted by atomic mass is 9.86. The van der Waals surface area contributed by atoms with Crippen LogP contribution >= 0.6 is 11.8 Å². The van der Waals surface area contributed by atoms with Gasteiger partial charge >= 0.3 is 6.03 Å². The number of hydrogen-bond donors (Lipinski definition) is 3. The molecule has 4 aliphatic heterocycles. The molecule has 0 spiro atoms. The number of benzene rings is 1. The summed E-state index contributed by atoms with van der Waals surface area (Å²) in [6.45, 7) is 9.81. The molecule has 0 radical (unpaired) electrons. The second-order valence-corrected chi connectivity index (χ2v) is 11.1. The SMILES string of the molecule is C=CC(=O)N1CCC[C@@H](NC(=O)C2=C3NC(=O)N(c4cccc(C(C)C)c4)C4CCNC(S2)C34)C1. The number of piperidine rings is 2. The first kappa shape index (κ1) is 23.9. The minimum atomic E-state index is -0.184. The molecule has 3 unspecified atom stereocenters. The Hall–Kier alpha value is -2.78. The maximum atomic E-state index is 13.4. The molecule has 35 heavy (non-hydrogen) atoms. The first-order valence-corrected chi connectivity index (χ1v) is 13.3. The molecule has 4 aliphatic rings. The lowest BCUT2D eigenvalue weighted by Crippen LogP contribution is -2.62. The number of anilines is 1. The normalized spacial score (nSPS) is 28.0. The monoisotopic (exact) mass is 495 g/mol. The first-order valence-electron chi connectivity index (χ1n) is 12.4.